The minimum Gasteiger partial charge on any atom is -0.357 e. The van der Waals surface area contributed by atoms with Gasteiger partial charge in [0.25, 0.3) is 0 Å². The minimum absolute atomic E-state index is 0.0467. The van der Waals surface area contributed by atoms with Crippen molar-refractivity contribution < 1.29 is 4.79 Å². The molecule has 0 aliphatic carbocycles. The van der Waals surface area contributed by atoms with Crippen molar-refractivity contribution in [3.05, 3.63) is 11.1 Å². The lowest BCUT2D eigenvalue weighted by atomic mass is 10.2. The number of hydrogen-bond donors (Lipinski definition) is 2. The van der Waals surface area contributed by atoms with E-state index >= 15 is 0 Å². The number of anilines is 1. The van der Waals surface area contributed by atoms with Gasteiger partial charge < -0.3 is 15.5 Å². The maximum Gasteiger partial charge on any atom is 0.243 e. The van der Waals surface area contributed by atoms with Crippen molar-refractivity contribution in [3.63, 3.8) is 0 Å². The Morgan fingerprint density at radius 3 is 3.24 bits per heavy atom. The van der Waals surface area contributed by atoms with Gasteiger partial charge >= 0.3 is 0 Å². The monoisotopic (exact) mass is 254 g/mol. The molecule has 94 valence electrons. The van der Waals surface area contributed by atoms with Gasteiger partial charge in [-0.2, -0.15) is 0 Å². The Morgan fingerprint density at radius 2 is 2.59 bits per heavy atom. The van der Waals surface area contributed by atoms with E-state index < -0.39 is 0 Å². The summed E-state index contributed by atoms with van der Waals surface area (Å²) in [5.74, 6) is 0.0467. The molecule has 1 aliphatic rings. The average molecular weight is 254 g/mol. The SMILES string of the molecule is CCc1csc(N2CCNCC2C(=O)NC)n1. The molecule has 0 spiro atoms. The molecule has 2 rings (SSSR count). The number of thiazole rings is 1. The highest BCUT2D eigenvalue weighted by Gasteiger charge is 2.29. The Hall–Kier alpha value is -1.14. The molecular formula is C11H18N4OS. The molecule has 2 heterocycles. The van der Waals surface area contributed by atoms with Crippen LogP contribution in [0.4, 0.5) is 5.13 Å². The number of nitrogens with one attached hydrogen (secondary N) is 2. The van der Waals surface area contributed by atoms with Crippen molar-refractivity contribution >= 4 is 22.4 Å². The molecule has 6 heteroatoms. The summed E-state index contributed by atoms with van der Waals surface area (Å²) >= 11 is 1.62. The van der Waals surface area contributed by atoms with Gasteiger partial charge in [-0.15, -0.1) is 11.3 Å². The van der Waals surface area contributed by atoms with Gasteiger partial charge in [0.2, 0.25) is 5.91 Å². The zero-order valence-electron chi connectivity index (χ0n) is 10.2. The number of carbonyl (C=O) groups excluding carboxylic acids is 1. The lowest BCUT2D eigenvalue weighted by Crippen LogP contribution is -2.57. The molecule has 17 heavy (non-hydrogen) atoms. The van der Waals surface area contributed by atoms with E-state index in [1.807, 2.05) is 0 Å². The highest BCUT2D eigenvalue weighted by atomic mass is 32.1. The number of likely N-dealkylation sites (N-methyl/N-ethyl adjacent to an activating group) is 1. The number of carbonyl (C=O) groups is 1. The molecule has 1 fully saturated rings. The predicted octanol–water partition coefficient (Wildman–Crippen LogP) is 0.230. The first-order valence-corrected chi connectivity index (χ1v) is 6.77. The lowest BCUT2D eigenvalue weighted by Gasteiger charge is -2.34. The highest BCUT2D eigenvalue weighted by Crippen LogP contribution is 2.23. The molecule has 1 aliphatic heterocycles. The van der Waals surface area contributed by atoms with Crippen molar-refractivity contribution in [1.29, 1.82) is 0 Å². The van der Waals surface area contributed by atoms with Crippen LogP contribution in [0.3, 0.4) is 0 Å². The van der Waals surface area contributed by atoms with Crippen molar-refractivity contribution in [2.75, 3.05) is 31.6 Å². The molecule has 0 aromatic carbocycles. The van der Waals surface area contributed by atoms with E-state index in [-0.39, 0.29) is 11.9 Å². The standard InChI is InChI=1S/C11H18N4OS/c1-3-8-7-17-11(14-8)15-5-4-13-6-9(15)10(16)12-2/h7,9,13H,3-6H2,1-2H3,(H,12,16). The summed E-state index contributed by atoms with van der Waals surface area (Å²) in [6, 6.07) is -0.149. The van der Waals surface area contributed by atoms with E-state index in [1.54, 1.807) is 18.4 Å². The Kier molecular flexibility index (Phi) is 3.96. The summed E-state index contributed by atoms with van der Waals surface area (Å²) in [7, 11) is 1.68. The maximum atomic E-state index is 11.8. The van der Waals surface area contributed by atoms with Crippen LogP contribution in [-0.2, 0) is 11.2 Å². The smallest absolute Gasteiger partial charge is 0.243 e. The maximum absolute atomic E-state index is 11.8. The first kappa shape index (κ1) is 12.3. The second-order valence-electron chi connectivity index (χ2n) is 4.00. The Bertz CT molecular complexity index is 393. The number of rotatable bonds is 3. The summed E-state index contributed by atoms with van der Waals surface area (Å²) in [6.45, 7) is 4.50. The molecule has 1 atom stereocenters. The highest BCUT2D eigenvalue weighted by molar-refractivity contribution is 7.13. The Labute approximate surface area is 105 Å². The molecule has 1 aromatic heterocycles. The van der Waals surface area contributed by atoms with E-state index in [1.165, 1.54) is 0 Å². The van der Waals surface area contributed by atoms with E-state index in [9.17, 15) is 4.79 Å². The summed E-state index contributed by atoms with van der Waals surface area (Å²) < 4.78 is 0. The van der Waals surface area contributed by atoms with Crippen LogP contribution >= 0.6 is 11.3 Å². The molecule has 1 amide bonds. The number of hydrogen-bond acceptors (Lipinski definition) is 5. The number of nitrogens with zero attached hydrogens (tertiary/aromatic N) is 2. The molecule has 5 nitrogen and oxygen atoms in total. The van der Waals surface area contributed by atoms with Gasteiger partial charge in [0.05, 0.1) is 5.69 Å². The van der Waals surface area contributed by atoms with Gasteiger partial charge in [0.1, 0.15) is 6.04 Å². The third-order valence-electron chi connectivity index (χ3n) is 2.94. The van der Waals surface area contributed by atoms with Gasteiger partial charge in [-0.1, -0.05) is 6.92 Å². The zero-order valence-corrected chi connectivity index (χ0v) is 11.0. The Morgan fingerprint density at radius 1 is 1.76 bits per heavy atom. The van der Waals surface area contributed by atoms with Crippen LogP contribution in [0.5, 0.6) is 0 Å². The minimum atomic E-state index is -0.149. The largest absolute Gasteiger partial charge is 0.357 e. The van der Waals surface area contributed by atoms with Crippen molar-refractivity contribution in [3.8, 4) is 0 Å². The van der Waals surface area contributed by atoms with E-state index in [2.05, 4.69) is 32.8 Å². The Balaban J connectivity index is 2.18. The van der Waals surface area contributed by atoms with Gasteiger partial charge in [-0.3, -0.25) is 4.79 Å². The lowest BCUT2D eigenvalue weighted by molar-refractivity contribution is -0.122. The molecule has 0 saturated carbocycles. The second-order valence-corrected chi connectivity index (χ2v) is 4.84. The molecule has 1 saturated heterocycles. The van der Waals surface area contributed by atoms with Crippen LogP contribution in [-0.4, -0.2) is 43.6 Å². The molecule has 1 unspecified atom stereocenters. The molecule has 2 N–H and O–H groups in total. The van der Waals surface area contributed by atoms with Crippen LogP contribution < -0.4 is 15.5 Å². The van der Waals surface area contributed by atoms with E-state index in [4.69, 9.17) is 0 Å². The van der Waals surface area contributed by atoms with E-state index in [0.717, 1.165) is 30.3 Å². The van der Waals surface area contributed by atoms with Crippen LogP contribution in [0.1, 0.15) is 12.6 Å². The molecule has 1 aromatic rings. The van der Waals surface area contributed by atoms with Crippen LogP contribution in [0.2, 0.25) is 0 Å². The summed E-state index contributed by atoms with van der Waals surface area (Å²) in [6.07, 6.45) is 0.938. The fraction of sp³-hybridized carbons (Fsp3) is 0.636. The number of amides is 1. The van der Waals surface area contributed by atoms with Gasteiger partial charge in [-0.05, 0) is 6.42 Å². The average Bonchev–Trinajstić information content (AvgIpc) is 2.86. The fourth-order valence-corrected chi connectivity index (χ4v) is 2.91. The first-order valence-electron chi connectivity index (χ1n) is 5.89. The normalized spacial score (nSPS) is 20.4. The topological polar surface area (TPSA) is 57.3 Å². The number of aromatic nitrogens is 1. The molecule has 0 bridgehead atoms. The van der Waals surface area contributed by atoms with Crippen LogP contribution in [0.15, 0.2) is 5.38 Å². The fourth-order valence-electron chi connectivity index (χ4n) is 1.92. The zero-order chi connectivity index (χ0) is 12.3. The first-order chi connectivity index (χ1) is 8.26. The third kappa shape index (κ3) is 2.58. The van der Waals surface area contributed by atoms with Crippen LogP contribution in [0, 0.1) is 0 Å². The molecule has 0 radical (unpaired) electrons. The van der Waals surface area contributed by atoms with Gasteiger partial charge in [0, 0.05) is 32.1 Å². The summed E-state index contributed by atoms with van der Waals surface area (Å²) in [5, 5.41) is 8.98. The van der Waals surface area contributed by atoms with Crippen molar-refractivity contribution in [1.82, 2.24) is 15.6 Å². The quantitative estimate of drug-likeness (QED) is 0.811. The van der Waals surface area contributed by atoms with Gasteiger partial charge in [-0.25, -0.2) is 4.98 Å². The summed E-state index contributed by atoms with van der Waals surface area (Å²) in [4.78, 5) is 18.5. The summed E-state index contributed by atoms with van der Waals surface area (Å²) in [5.41, 5.74) is 1.10. The van der Waals surface area contributed by atoms with Crippen molar-refractivity contribution in [2.24, 2.45) is 0 Å². The number of piperazine rings is 1. The van der Waals surface area contributed by atoms with Crippen LogP contribution in [0.25, 0.3) is 0 Å². The predicted molar refractivity (Wildman–Crippen MR) is 69.6 cm³/mol. The second kappa shape index (κ2) is 5.46. The van der Waals surface area contributed by atoms with E-state index in [0.29, 0.717) is 6.54 Å². The third-order valence-corrected chi connectivity index (χ3v) is 3.87. The van der Waals surface area contributed by atoms with Gasteiger partial charge in [0.15, 0.2) is 5.13 Å². The van der Waals surface area contributed by atoms with Crippen molar-refractivity contribution in [2.45, 2.75) is 19.4 Å². The number of aryl methyl sites for hydroxylation is 1. The molecular weight excluding hydrogens is 236 g/mol.